The van der Waals surface area contributed by atoms with E-state index in [1.807, 2.05) is 66.5 Å². The van der Waals surface area contributed by atoms with E-state index >= 15 is 0 Å². The number of aromatic amines is 1. The van der Waals surface area contributed by atoms with Gasteiger partial charge in [-0.05, 0) is 43.8 Å². The van der Waals surface area contributed by atoms with E-state index < -0.39 is 5.97 Å². The fourth-order valence-electron chi connectivity index (χ4n) is 4.13. The summed E-state index contributed by atoms with van der Waals surface area (Å²) in [5.41, 5.74) is 4.66. The molecule has 4 rings (SSSR count). The number of likely N-dealkylation sites (N-methyl/N-ethyl adjacent to an activating group) is 1. The van der Waals surface area contributed by atoms with Crippen molar-refractivity contribution in [3.8, 4) is 5.88 Å². The van der Waals surface area contributed by atoms with Gasteiger partial charge in [0.15, 0.2) is 5.88 Å². The molecule has 8 heteroatoms. The molecule has 0 fully saturated rings. The maximum Gasteiger partial charge on any atom is 0.337 e. The molecule has 0 aliphatic carbocycles. The molecule has 0 aliphatic heterocycles. The molecule has 37 heavy (non-hydrogen) atoms. The SMILES string of the molecule is CCOC(=O)CN(C)Cc1ccc(N=C(c2ccccc2)c2c(O)[nH]c3cc(C(=O)OC)ccc23)cc1. The van der Waals surface area contributed by atoms with E-state index in [1.54, 1.807) is 25.1 Å². The molecule has 0 unspecified atom stereocenters. The van der Waals surface area contributed by atoms with Crippen LogP contribution in [0.1, 0.15) is 34.0 Å². The van der Waals surface area contributed by atoms with Crippen LogP contribution in [0.5, 0.6) is 5.88 Å². The normalized spacial score (nSPS) is 11.6. The van der Waals surface area contributed by atoms with Crippen LogP contribution in [0.25, 0.3) is 10.9 Å². The number of benzene rings is 3. The lowest BCUT2D eigenvalue weighted by Gasteiger charge is -2.15. The summed E-state index contributed by atoms with van der Waals surface area (Å²) < 4.78 is 9.83. The van der Waals surface area contributed by atoms with E-state index in [9.17, 15) is 14.7 Å². The van der Waals surface area contributed by atoms with Gasteiger partial charge < -0.3 is 19.6 Å². The molecule has 0 amide bonds. The lowest BCUT2D eigenvalue weighted by atomic mass is 10.00. The van der Waals surface area contributed by atoms with Crippen molar-refractivity contribution in [2.75, 3.05) is 27.3 Å². The zero-order valence-corrected chi connectivity index (χ0v) is 21.0. The van der Waals surface area contributed by atoms with Crippen LogP contribution >= 0.6 is 0 Å². The summed E-state index contributed by atoms with van der Waals surface area (Å²) in [7, 11) is 3.19. The van der Waals surface area contributed by atoms with Crippen LogP contribution < -0.4 is 0 Å². The van der Waals surface area contributed by atoms with Crippen molar-refractivity contribution in [3.05, 3.63) is 95.1 Å². The van der Waals surface area contributed by atoms with Gasteiger partial charge in [-0.25, -0.2) is 9.79 Å². The average Bonchev–Trinajstić information content (AvgIpc) is 3.22. The highest BCUT2D eigenvalue weighted by Crippen LogP contribution is 2.32. The van der Waals surface area contributed by atoms with Crippen LogP contribution in [-0.2, 0) is 20.8 Å². The Balaban J connectivity index is 1.69. The molecule has 0 aliphatic rings. The predicted octanol–water partition coefficient (Wildman–Crippen LogP) is 4.82. The Morgan fingerprint density at radius 1 is 1.00 bits per heavy atom. The molecule has 0 bridgehead atoms. The van der Waals surface area contributed by atoms with Crippen LogP contribution in [0.3, 0.4) is 0 Å². The van der Waals surface area contributed by atoms with Crippen molar-refractivity contribution in [3.63, 3.8) is 0 Å². The van der Waals surface area contributed by atoms with Crippen LogP contribution in [-0.4, -0.2) is 59.9 Å². The number of rotatable bonds is 9. The third-order valence-corrected chi connectivity index (χ3v) is 5.82. The van der Waals surface area contributed by atoms with Gasteiger partial charge >= 0.3 is 11.9 Å². The molecule has 0 atom stereocenters. The number of nitrogens with one attached hydrogen (secondary N) is 1. The minimum Gasteiger partial charge on any atom is -0.494 e. The van der Waals surface area contributed by atoms with Crippen molar-refractivity contribution in [2.24, 2.45) is 4.99 Å². The van der Waals surface area contributed by atoms with Gasteiger partial charge in [-0.2, -0.15) is 0 Å². The van der Waals surface area contributed by atoms with Crippen LogP contribution in [0.15, 0.2) is 77.8 Å². The molecule has 8 nitrogen and oxygen atoms in total. The lowest BCUT2D eigenvalue weighted by Crippen LogP contribution is -2.26. The number of ether oxygens (including phenoxy) is 2. The summed E-state index contributed by atoms with van der Waals surface area (Å²) in [6.45, 7) is 2.95. The summed E-state index contributed by atoms with van der Waals surface area (Å²) in [6, 6.07) is 22.4. The Bertz CT molecular complexity index is 1430. The molecular weight excluding hydrogens is 470 g/mol. The van der Waals surface area contributed by atoms with Gasteiger partial charge in [0.25, 0.3) is 0 Å². The highest BCUT2D eigenvalue weighted by molar-refractivity contribution is 6.22. The summed E-state index contributed by atoms with van der Waals surface area (Å²) in [6.07, 6.45) is 0. The Labute approximate surface area is 215 Å². The first-order valence-corrected chi connectivity index (χ1v) is 11.9. The first kappa shape index (κ1) is 25.7. The van der Waals surface area contributed by atoms with Crippen molar-refractivity contribution in [1.29, 1.82) is 0 Å². The monoisotopic (exact) mass is 499 g/mol. The number of carbonyl (C=O) groups is 2. The molecule has 2 N–H and O–H groups in total. The predicted molar refractivity (Wildman–Crippen MR) is 142 cm³/mol. The number of fused-ring (bicyclic) bond motifs is 1. The Morgan fingerprint density at radius 2 is 1.73 bits per heavy atom. The second-order valence-electron chi connectivity index (χ2n) is 8.57. The van der Waals surface area contributed by atoms with Gasteiger partial charge in [0, 0.05) is 23.0 Å². The largest absolute Gasteiger partial charge is 0.494 e. The number of carbonyl (C=O) groups excluding carboxylic acids is 2. The molecule has 190 valence electrons. The number of hydrogen-bond donors (Lipinski definition) is 2. The fraction of sp³-hybridized carbons (Fsp3) is 0.207. The van der Waals surface area contributed by atoms with Crippen molar-refractivity contribution < 1.29 is 24.2 Å². The van der Waals surface area contributed by atoms with Crippen LogP contribution in [0, 0.1) is 0 Å². The number of H-pyrrole nitrogens is 1. The topological polar surface area (TPSA) is 104 Å². The second-order valence-corrected chi connectivity index (χ2v) is 8.57. The number of aromatic hydroxyl groups is 1. The van der Waals surface area contributed by atoms with E-state index in [4.69, 9.17) is 14.5 Å². The molecule has 0 saturated heterocycles. The Morgan fingerprint density at radius 3 is 2.41 bits per heavy atom. The number of methoxy groups -OCH3 is 1. The minimum absolute atomic E-state index is 0.0446. The molecule has 3 aromatic carbocycles. The summed E-state index contributed by atoms with van der Waals surface area (Å²) in [5.74, 6) is -0.754. The molecule has 4 aromatic rings. The van der Waals surface area contributed by atoms with Gasteiger partial charge in [0.05, 0.1) is 42.8 Å². The Hall–Kier alpha value is -4.43. The molecule has 1 aromatic heterocycles. The third-order valence-electron chi connectivity index (χ3n) is 5.82. The first-order chi connectivity index (χ1) is 17.9. The van der Waals surface area contributed by atoms with Crippen molar-refractivity contribution in [2.45, 2.75) is 13.5 Å². The van der Waals surface area contributed by atoms with E-state index in [0.717, 1.165) is 16.5 Å². The zero-order chi connectivity index (χ0) is 26.4. The zero-order valence-electron chi connectivity index (χ0n) is 21.0. The van der Waals surface area contributed by atoms with Crippen LogP contribution in [0.4, 0.5) is 5.69 Å². The maximum atomic E-state index is 12.0. The second kappa shape index (κ2) is 11.5. The van der Waals surface area contributed by atoms with Gasteiger partial charge in [-0.15, -0.1) is 0 Å². The molecular formula is C29H29N3O5. The average molecular weight is 500 g/mol. The lowest BCUT2D eigenvalue weighted by molar-refractivity contribution is -0.144. The number of aromatic nitrogens is 1. The van der Waals surface area contributed by atoms with Gasteiger partial charge in [0.1, 0.15) is 0 Å². The standard InChI is InChI=1S/C29H29N3O5/c1-4-37-25(33)18-32(2)17-19-10-13-22(14-11-19)30-27(20-8-6-5-7-9-20)26-23-15-12-21(29(35)36-3)16-24(23)31-28(26)34/h5-16,31,34H,4,17-18H2,1-3H3. The third kappa shape index (κ3) is 6.05. The number of nitrogens with zero attached hydrogens (tertiary/aromatic N) is 2. The highest BCUT2D eigenvalue weighted by Gasteiger charge is 2.20. The maximum absolute atomic E-state index is 12.0. The molecule has 0 saturated carbocycles. The van der Waals surface area contributed by atoms with Gasteiger partial charge in [-0.1, -0.05) is 48.5 Å². The van der Waals surface area contributed by atoms with Crippen molar-refractivity contribution in [1.82, 2.24) is 9.88 Å². The smallest absolute Gasteiger partial charge is 0.337 e. The van der Waals surface area contributed by atoms with Crippen LogP contribution in [0.2, 0.25) is 0 Å². The fourth-order valence-corrected chi connectivity index (χ4v) is 4.13. The summed E-state index contributed by atoms with van der Waals surface area (Å²) in [4.78, 5) is 33.5. The number of aliphatic imine (C=N–C) groups is 1. The number of hydrogen-bond acceptors (Lipinski definition) is 7. The van der Waals surface area contributed by atoms with E-state index in [1.165, 1.54) is 7.11 Å². The first-order valence-electron chi connectivity index (χ1n) is 11.9. The minimum atomic E-state index is -0.456. The Kier molecular flexibility index (Phi) is 8.00. The van der Waals surface area contributed by atoms with E-state index in [2.05, 4.69) is 4.98 Å². The van der Waals surface area contributed by atoms with Gasteiger partial charge in [-0.3, -0.25) is 9.69 Å². The molecule has 0 spiro atoms. The van der Waals surface area contributed by atoms with E-state index in [0.29, 0.717) is 41.2 Å². The quantitative estimate of drug-likeness (QED) is 0.253. The summed E-state index contributed by atoms with van der Waals surface area (Å²) in [5, 5.41) is 11.6. The van der Waals surface area contributed by atoms with Gasteiger partial charge in [0.2, 0.25) is 0 Å². The van der Waals surface area contributed by atoms with E-state index in [-0.39, 0.29) is 18.4 Å². The summed E-state index contributed by atoms with van der Waals surface area (Å²) >= 11 is 0. The highest BCUT2D eigenvalue weighted by atomic mass is 16.5. The molecule has 1 heterocycles. The number of esters is 2. The molecule has 0 radical (unpaired) electrons. The van der Waals surface area contributed by atoms with Crippen molar-refractivity contribution >= 4 is 34.2 Å².